The fourth-order valence-corrected chi connectivity index (χ4v) is 7.17. The van der Waals surface area contributed by atoms with E-state index in [1.54, 1.807) is 0 Å². The fourth-order valence-electron chi connectivity index (χ4n) is 7.17. The Morgan fingerprint density at radius 2 is 1.62 bits per heavy atom. The van der Waals surface area contributed by atoms with Crippen LogP contribution >= 0.6 is 0 Å². The molecule has 0 saturated heterocycles. The number of rotatable bonds is 13. The van der Waals surface area contributed by atoms with Gasteiger partial charge in [-0.15, -0.1) is 0 Å². The number of nitroso groups, excluding NO2 is 1. The molecule has 5 heteroatoms. The minimum atomic E-state index is -0.583. The molecular formula is C42H41NO4. The van der Waals surface area contributed by atoms with Gasteiger partial charge in [-0.3, -0.25) is 0 Å². The Kier molecular flexibility index (Phi) is 9.94. The van der Waals surface area contributed by atoms with E-state index in [4.69, 9.17) is 9.47 Å². The molecule has 1 unspecified atom stereocenters. The van der Waals surface area contributed by atoms with Crippen LogP contribution in [0.3, 0.4) is 0 Å². The molecule has 0 fully saturated rings. The molecule has 2 aliphatic rings. The van der Waals surface area contributed by atoms with Crippen LogP contribution in [-0.4, -0.2) is 31.5 Å². The average Bonchev–Trinajstić information content (AvgIpc) is 3.44. The number of hydrogen-bond acceptors (Lipinski definition) is 5. The third kappa shape index (κ3) is 5.99. The average molecular weight is 624 g/mol. The predicted molar refractivity (Wildman–Crippen MR) is 191 cm³/mol. The molecule has 238 valence electrons. The summed E-state index contributed by atoms with van der Waals surface area (Å²) in [6.07, 6.45) is 13.5. The lowest BCUT2D eigenvalue weighted by atomic mass is 9.65. The van der Waals surface area contributed by atoms with E-state index in [1.807, 2.05) is 12.1 Å². The van der Waals surface area contributed by atoms with Crippen molar-refractivity contribution in [2.75, 3.05) is 26.4 Å². The Morgan fingerprint density at radius 1 is 0.851 bits per heavy atom. The molecule has 0 spiro atoms. The zero-order valence-corrected chi connectivity index (χ0v) is 27.1. The molecule has 0 aromatic heterocycles. The van der Waals surface area contributed by atoms with Crippen molar-refractivity contribution in [2.45, 2.75) is 38.5 Å². The maximum absolute atomic E-state index is 10.7. The van der Waals surface area contributed by atoms with Crippen molar-refractivity contribution >= 4 is 5.57 Å². The van der Waals surface area contributed by atoms with Gasteiger partial charge in [0.25, 0.3) is 0 Å². The fraction of sp³-hybridized carbons (Fsp3) is 0.238. The van der Waals surface area contributed by atoms with Crippen LogP contribution in [-0.2, 0) is 10.2 Å². The summed E-state index contributed by atoms with van der Waals surface area (Å²) in [5.41, 5.74) is 11.6. The molecule has 5 nitrogen and oxygen atoms in total. The standard InChI is InChI=1S/C42H41NO4/c1-3-5-11-30(4-2)36-14-9-16-38-40(36)41-37(31-12-7-6-8-13-31)15-10-17-39(41)42(38,33-20-24-35(25-21-33)47-29-27-44)32-18-22-34(23-19-32)46-28-26-43-45/h4-20,22-24,44H,3,21,25-29H2,1-2H3/b11-5-,30-4+. The molecule has 2 aliphatic carbocycles. The summed E-state index contributed by atoms with van der Waals surface area (Å²) in [5.74, 6) is 1.59. The van der Waals surface area contributed by atoms with E-state index in [0.29, 0.717) is 5.75 Å². The van der Waals surface area contributed by atoms with Gasteiger partial charge in [-0.25, -0.2) is 0 Å². The number of benzene rings is 4. The number of allylic oxidation sites excluding steroid dienone is 8. The largest absolute Gasteiger partial charge is 0.496 e. The Morgan fingerprint density at radius 3 is 2.30 bits per heavy atom. The number of hydrogen-bond donors (Lipinski definition) is 1. The Labute approximate surface area is 277 Å². The van der Waals surface area contributed by atoms with E-state index in [2.05, 4.69) is 128 Å². The van der Waals surface area contributed by atoms with E-state index in [-0.39, 0.29) is 26.4 Å². The molecule has 0 aliphatic heterocycles. The van der Waals surface area contributed by atoms with Gasteiger partial charge < -0.3 is 14.6 Å². The van der Waals surface area contributed by atoms with Crippen LogP contribution in [0.1, 0.15) is 55.4 Å². The first-order valence-corrected chi connectivity index (χ1v) is 16.5. The molecule has 4 aromatic rings. The molecule has 1 N–H and O–H groups in total. The van der Waals surface area contributed by atoms with Crippen LogP contribution in [0.4, 0.5) is 0 Å². The summed E-state index contributed by atoms with van der Waals surface area (Å²) < 4.78 is 11.7. The first kappa shape index (κ1) is 32.0. The second kappa shape index (κ2) is 14.6. The molecule has 6 rings (SSSR count). The minimum Gasteiger partial charge on any atom is -0.496 e. The lowest BCUT2D eigenvalue weighted by Crippen LogP contribution is -2.30. The summed E-state index contributed by atoms with van der Waals surface area (Å²) in [4.78, 5) is 10.7. The molecule has 0 radical (unpaired) electrons. The van der Waals surface area contributed by atoms with Gasteiger partial charge in [0.2, 0.25) is 0 Å². The second-order valence-corrected chi connectivity index (χ2v) is 11.7. The lowest BCUT2D eigenvalue weighted by molar-refractivity contribution is 0.139. The van der Waals surface area contributed by atoms with Crippen molar-refractivity contribution in [3.8, 4) is 28.0 Å². The van der Waals surface area contributed by atoms with E-state index >= 15 is 0 Å². The van der Waals surface area contributed by atoms with Crippen molar-refractivity contribution in [1.29, 1.82) is 0 Å². The highest BCUT2D eigenvalue weighted by Crippen LogP contribution is 2.61. The van der Waals surface area contributed by atoms with E-state index in [9.17, 15) is 10.0 Å². The first-order chi connectivity index (χ1) is 23.2. The van der Waals surface area contributed by atoms with Gasteiger partial charge in [-0.2, -0.15) is 4.91 Å². The van der Waals surface area contributed by atoms with Gasteiger partial charge in [0, 0.05) is 6.42 Å². The zero-order valence-electron chi connectivity index (χ0n) is 27.1. The molecular weight excluding hydrogens is 582 g/mol. The van der Waals surface area contributed by atoms with Crippen LogP contribution in [0, 0.1) is 4.91 Å². The Hall–Kier alpha value is -5.00. The van der Waals surface area contributed by atoms with Gasteiger partial charge in [-0.05, 0) is 88.1 Å². The molecule has 0 heterocycles. The van der Waals surface area contributed by atoms with Crippen LogP contribution in [0.15, 0.2) is 138 Å². The van der Waals surface area contributed by atoms with Gasteiger partial charge in [0.05, 0.1) is 17.8 Å². The predicted octanol–water partition coefficient (Wildman–Crippen LogP) is 9.80. The molecule has 0 saturated carbocycles. The van der Waals surface area contributed by atoms with Gasteiger partial charge in [0.1, 0.15) is 25.5 Å². The SMILES string of the molecule is C/C=C(\C=C/CC)c1cccc2c1-c1c(-c3ccccc3)cccc1C2(C1=CC=C(OCCO)CC1)c1ccc(OCCN=O)cc1. The number of aliphatic hydroxyl groups is 1. The highest BCUT2D eigenvalue weighted by Gasteiger charge is 2.49. The van der Waals surface area contributed by atoms with Crippen molar-refractivity contribution in [1.82, 2.24) is 0 Å². The van der Waals surface area contributed by atoms with E-state index < -0.39 is 5.41 Å². The third-order valence-corrected chi connectivity index (χ3v) is 9.14. The molecule has 1 atom stereocenters. The van der Waals surface area contributed by atoms with Crippen LogP contribution < -0.4 is 4.74 Å². The molecule has 4 aromatic carbocycles. The summed E-state index contributed by atoms with van der Waals surface area (Å²) in [6, 6.07) is 32.5. The summed E-state index contributed by atoms with van der Waals surface area (Å²) in [5, 5.41) is 12.3. The monoisotopic (exact) mass is 623 g/mol. The quantitative estimate of drug-likeness (QED) is 0.0915. The number of ether oxygens (including phenoxy) is 2. The Balaban J connectivity index is 1.68. The van der Waals surface area contributed by atoms with Gasteiger partial charge in [0.15, 0.2) is 0 Å². The van der Waals surface area contributed by atoms with E-state index in [1.165, 1.54) is 50.1 Å². The maximum Gasteiger partial charge on any atom is 0.119 e. The summed E-state index contributed by atoms with van der Waals surface area (Å²) in [7, 11) is 0. The molecule has 0 amide bonds. The smallest absolute Gasteiger partial charge is 0.119 e. The van der Waals surface area contributed by atoms with Crippen molar-refractivity contribution in [3.63, 3.8) is 0 Å². The number of nitrogens with zero attached hydrogens (tertiary/aromatic N) is 1. The Bertz CT molecular complexity index is 1850. The van der Waals surface area contributed by atoms with Crippen LogP contribution in [0.5, 0.6) is 5.75 Å². The topological polar surface area (TPSA) is 68.1 Å². The molecule has 0 bridgehead atoms. The van der Waals surface area contributed by atoms with E-state index in [0.717, 1.165) is 30.6 Å². The number of fused-ring (bicyclic) bond motifs is 3. The van der Waals surface area contributed by atoms with Crippen molar-refractivity contribution in [3.05, 3.63) is 160 Å². The highest BCUT2D eigenvalue weighted by molar-refractivity contribution is 6.01. The maximum atomic E-state index is 10.7. The highest BCUT2D eigenvalue weighted by atomic mass is 16.5. The second-order valence-electron chi connectivity index (χ2n) is 11.7. The third-order valence-electron chi connectivity index (χ3n) is 9.14. The van der Waals surface area contributed by atoms with Crippen LogP contribution in [0.2, 0.25) is 0 Å². The molecule has 47 heavy (non-hydrogen) atoms. The summed E-state index contributed by atoms with van der Waals surface area (Å²) >= 11 is 0. The summed E-state index contributed by atoms with van der Waals surface area (Å²) in [6.45, 7) is 4.90. The minimum absolute atomic E-state index is 0.0132. The first-order valence-electron chi connectivity index (χ1n) is 16.5. The van der Waals surface area contributed by atoms with Crippen molar-refractivity contribution < 1.29 is 14.6 Å². The van der Waals surface area contributed by atoms with Crippen LogP contribution in [0.25, 0.3) is 27.8 Å². The lowest BCUT2D eigenvalue weighted by Gasteiger charge is -2.37. The normalized spacial score (nSPS) is 17.1. The van der Waals surface area contributed by atoms with Crippen molar-refractivity contribution in [2.24, 2.45) is 5.18 Å². The van der Waals surface area contributed by atoms with Gasteiger partial charge >= 0.3 is 0 Å². The van der Waals surface area contributed by atoms with Gasteiger partial charge in [-0.1, -0.05) is 121 Å². The number of aliphatic hydroxyl groups excluding tert-OH is 1. The zero-order chi connectivity index (χ0) is 32.6.